The van der Waals surface area contributed by atoms with E-state index >= 15 is 0 Å². The van der Waals surface area contributed by atoms with Crippen molar-refractivity contribution in [2.75, 3.05) is 5.32 Å². The van der Waals surface area contributed by atoms with Gasteiger partial charge in [0.05, 0.1) is 0 Å². The predicted octanol–water partition coefficient (Wildman–Crippen LogP) is 0.630. The average molecular weight is 282 g/mol. The molecule has 1 aromatic rings. The topological polar surface area (TPSA) is 114 Å². The van der Waals surface area contributed by atoms with Crippen molar-refractivity contribution in [1.82, 2.24) is 9.36 Å². The minimum Gasteiger partial charge on any atom is -0.476 e. The summed E-state index contributed by atoms with van der Waals surface area (Å²) in [5.74, 6) is -1.39. The van der Waals surface area contributed by atoms with Crippen LogP contribution in [-0.2, 0) is 14.4 Å². The Hall–Kier alpha value is -2.29. The maximum atomic E-state index is 11.1. The Balaban J connectivity index is 2.13. The number of carboxylic acids is 1. The monoisotopic (exact) mass is 282 g/mol. The van der Waals surface area contributed by atoms with E-state index in [4.69, 9.17) is 9.94 Å². The van der Waals surface area contributed by atoms with E-state index < -0.39 is 11.7 Å². The van der Waals surface area contributed by atoms with Gasteiger partial charge in [-0.3, -0.25) is 4.79 Å². The Morgan fingerprint density at radius 2 is 2.53 bits per heavy atom. The Morgan fingerprint density at radius 1 is 1.68 bits per heavy atom. The van der Waals surface area contributed by atoms with E-state index in [9.17, 15) is 9.59 Å². The second-order valence-electron chi connectivity index (χ2n) is 3.58. The zero-order valence-corrected chi connectivity index (χ0v) is 10.5. The summed E-state index contributed by atoms with van der Waals surface area (Å²) in [6.07, 6.45) is 5.61. The van der Waals surface area contributed by atoms with Crippen LogP contribution < -0.4 is 5.32 Å². The van der Waals surface area contributed by atoms with Crippen LogP contribution in [0.2, 0.25) is 0 Å². The minimum atomic E-state index is -1.29. The lowest BCUT2D eigenvalue weighted by molar-refractivity contribution is -0.129. The van der Waals surface area contributed by atoms with E-state index in [1.165, 1.54) is 0 Å². The largest absolute Gasteiger partial charge is 0.476 e. The standard InChI is InChI=1S/C10H10N4O4S/c15-5-11-10-12-8(14-19-10)7(9(16)17)13-18-6-3-1-2-4-6/h1,3,5-6H,2,4H2,(H,16,17)(H,11,12,14,15)/b13-7-. The highest BCUT2D eigenvalue weighted by Gasteiger charge is 2.20. The third-order valence-electron chi connectivity index (χ3n) is 2.27. The first-order chi connectivity index (χ1) is 9.20. The third-order valence-corrected chi connectivity index (χ3v) is 2.92. The number of aliphatic carboxylic acids is 1. The normalized spacial score (nSPS) is 18.3. The molecule has 1 amide bonds. The molecule has 0 spiro atoms. The number of rotatable bonds is 6. The number of carbonyl (C=O) groups excluding carboxylic acids is 1. The predicted molar refractivity (Wildman–Crippen MR) is 67.0 cm³/mol. The van der Waals surface area contributed by atoms with Crippen molar-refractivity contribution >= 4 is 34.8 Å². The van der Waals surface area contributed by atoms with Gasteiger partial charge in [0, 0.05) is 11.5 Å². The first-order valence-electron chi connectivity index (χ1n) is 5.38. The fourth-order valence-electron chi connectivity index (χ4n) is 1.42. The number of carboxylic acid groups (broad SMARTS) is 1. The molecule has 0 saturated heterocycles. The molecule has 1 atom stereocenters. The molecule has 1 heterocycles. The number of nitrogens with one attached hydrogen (secondary N) is 1. The molecule has 0 aromatic carbocycles. The van der Waals surface area contributed by atoms with E-state index in [0.717, 1.165) is 24.4 Å². The molecular formula is C10H10N4O4S. The van der Waals surface area contributed by atoms with Gasteiger partial charge in [-0.2, -0.15) is 9.36 Å². The second kappa shape index (κ2) is 6.05. The molecule has 1 aliphatic carbocycles. The number of anilines is 1. The molecule has 9 heteroatoms. The summed E-state index contributed by atoms with van der Waals surface area (Å²) in [6.45, 7) is 0. The van der Waals surface area contributed by atoms with Crippen LogP contribution in [0.1, 0.15) is 18.7 Å². The SMILES string of the molecule is O=CNc1nc(/C(=N/OC2C=CCC2)C(=O)O)ns1. The first-order valence-corrected chi connectivity index (χ1v) is 6.16. The number of nitrogens with zero attached hydrogens (tertiary/aromatic N) is 3. The Labute approximate surface area is 112 Å². The molecular weight excluding hydrogens is 272 g/mol. The van der Waals surface area contributed by atoms with Gasteiger partial charge in [-0.15, -0.1) is 0 Å². The number of aromatic nitrogens is 2. The van der Waals surface area contributed by atoms with Crippen LogP contribution in [0.3, 0.4) is 0 Å². The van der Waals surface area contributed by atoms with Crippen molar-refractivity contribution in [3.05, 3.63) is 18.0 Å². The van der Waals surface area contributed by atoms with Crippen molar-refractivity contribution in [3.63, 3.8) is 0 Å². The number of hydrogen-bond acceptors (Lipinski definition) is 7. The van der Waals surface area contributed by atoms with Gasteiger partial charge in [0.2, 0.25) is 23.1 Å². The number of oxime groups is 1. The average Bonchev–Trinajstić information content (AvgIpc) is 3.01. The van der Waals surface area contributed by atoms with E-state index in [-0.39, 0.29) is 17.1 Å². The number of hydrogen-bond donors (Lipinski definition) is 2. The fraction of sp³-hybridized carbons (Fsp3) is 0.300. The van der Waals surface area contributed by atoms with Crippen molar-refractivity contribution in [1.29, 1.82) is 0 Å². The highest BCUT2D eigenvalue weighted by atomic mass is 32.1. The Bertz CT molecular complexity index is 539. The van der Waals surface area contributed by atoms with Crippen molar-refractivity contribution < 1.29 is 19.5 Å². The highest BCUT2D eigenvalue weighted by molar-refractivity contribution is 7.10. The summed E-state index contributed by atoms with van der Waals surface area (Å²) in [5, 5.41) is 15.1. The van der Waals surface area contributed by atoms with Crippen LogP contribution in [0.4, 0.5) is 5.13 Å². The number of carbonyl (C=O) groups is 2. The summed E-state index contributed by atoms with van der Waals surface area (Å²) < 4.78 is 3.80. The lowest BCUT2D eigenvalue weighted by atomic mass is 10.3. The lowest BCUT2D eigenvalue weighted by Gasteiger charge is -2.05. The van der Waals surface area contributed by atoms with Gasteiger partial charge in [0.1, 0.15) is 6.10 Å². The summed E-state index contributed by atoms with van der Waals surface area (Å²) in [7, 11) is 0. The molecule has 0 saturated carbocycles. The van der Waals surface area contributed by atoms with Crippen LogP contribution in [0, 0.1) is 0 Å². The zero-order chi connectivity index (χ0) is 13.7. The van der Waals surface area contributed by atoms with Gasteiger partial charge < -0.3 is 15.3 Å². The van der Waals surface area contributed by atoms with E-state index in [2.05, 4.69) is 19.8 Å². The maximum absolute atomic E-state index is 11.1. The van der Waals surface area contributed by atoms with Crippen molar-refractivity contribution in [2.24, 2.45) is 5.16 Å². The molecule has 100 valence electrons. The summed E-state index contributed by atoms with van der Waals surface area (Å²) >= 11 is 0.861. The molecule has 2 N–H and O–H groups in total. The Kier molecular flexibility index (Phi) is 4.18. The van der Waals surface area contributed by atoms with Crippen LogP contribution in [0.15, 0.2) is 17.3 Å². The van der Waals surface area contributed by atoms with E-state index in [1.807, 2.05) is 12.2 Å². The molecule has 19 heavy (non-hydrogen) atoms. The molecule has 2 rings (SSSR count). The van der Waals surface area contributed by atoms with Crippen LogP contribution in [0.25, 0.3) is 0 Å². The van der Waals surface area contributed by atoms with Crippen LogP contribution in [0.5, 0.6) is 0 Å². The fourth-order valence-corrected chi connectivity index (χ4v) is 1.95. The first kappa shape index (κ1) is 13.1. The summed E-state index contributed by atoms with van der Waals surface area (Å²) in [5.41, 5.74) is -0.393. The van der Waals surface area contributed by atoms with Crippen LogP contribution in [-0.4, -0.2) is 38.7 Å². The van der Waals surface area contributed by atoms with E-state index in [1.54, 1.807) is 0 Å². The Morgan fingerprint density at radius 3 is 3.16 bits per heavy atom. The van der Waals surface area contributed by atoms with Crippen molar-refractivity contribution in [2.45, 2.75) is 18.9 Å². The molecule has 1 aliphatic rings. The van der Waals surface area contributed by atoms with Gasteiger partial charge in [-0.1, -0.05) is 11.2 Å². The van der Waals surface area contributed by atoms with Crippen molar-refractivity contribution in [3.8, 4) is 0 Å². The summed E-state index contributed by atoms with van der Waals surface area (Å²) in [4.78, 5) is 30.2. The molecule has 0 bridgehead atoms. The number of allylic oxidation sites excluding steroid dienone is 1. The van der Waals surface area contributed by atoms with Gasteiger partial charge in [-0.25, -0.2) is 4.79 Å². The minimum absolute atomic E-state index is 0.0937. The summed E-state index contributed by atoms with van der Waals surface area (Å²) in [6, 6.07) is 0. The second-order valence-corrected chi connectivity index (χ2v) is 4.33. The van der Waals surface area contributed by atoms with Gasteiger partial charge in [0.25, 0.3) is 0 Å². The molecule has 0 radical (unpaired) electrons. The van der Waals surface area contributed by atoms with Gasteiger partial charge >= 0.3 is 5.97 Å². The molecule has 1 unspecified atom stereocenters. The quantitative estimate of drug-likeness (QED) is 0.342. The molecule has 0 aliphatic heterocycles. The molecule has 1 aromatic heterocycles. The lowest BCUT2D eigenvalue weighted by Crippen LogP contribution is -2.18. The van der Waals surface area contributed by atoms with E-state index in [0.29, 0.717) is 6.41 Å². The smallest absolute Gasteiger partial charge is 0.362 e. The van der Waals surface area contributed by atoms with Crippen LogP contribution >= 0.6 is 11.5 Å². The third kappa shape index (κ3) is 3.35. The molecule has 8 nitrogen and oxygen atoms in total. The maximum Gasteiger partial charge on any atom is 0.362 e. The highest BCUT2D eigenvalue weighted by Crippen LogP contribution is 2.15. The van der Waals surface area contributed by atoms with Gasteiger partial charge in [-0.05, 0) is 18.9 Å². The number of amides is 1. The van der Waals surface area contributed by atoms with Gasteiger partial charge in [0.15, 0.2) is 0 Å². The molecule has 0 fully saturated rings. The zero-order valence-electron chi connectivity index (χ0n) is 9.65.